The van der Waals surface area contributed by atoms with E-state index in [2.05, 4.69) is 61.2 Å². The maximum absolute atomic E-state index is 5.39. The Bertz CT molecular complexity index is 1250. The first-order valence-electron chi connectivity index (χ1n) is 9.77. The summed E-state index contributed by atoms with van der Waals surface area (Å²) in [5, 5.41) is 16.7. The molecule has 0 fully saturated rings. The summed E-state index contributed by atoms with van der Waals surface area (Å²) in [5.41, 5.74) is 4.76. The normalized spacial score (nSPS) is 12.0. The molecule has 0 saturated heterocycles. The van der Waals surface area contributed by atoms with E-state index in [1.54, 1.807) is 10.9 Å². The third-order valence-electron chi connectivity index (χ3n) is 4.69. The number of aromatic amines is 1. The molecule has 0 aliphatic heterocycles. The minimum Gasteiger partial charge on any atom is -0.250 e. The van der Waals surface area contributed by atoms with Crippen molar-refractivity contribution in [1.82, 2.24) is 24.7 Å². The van der Waals surface area contributed by atoms with Crippen molar-refractivity contribution >= 4 is 18.4 Å². The van der Waals surface area contributed by atoms with Crippen LogP contribution in [0.25, 0.3) is 16.9 Å². The monoisotopic (exact) mass is 416 g/mol. The standard InChI is InChI=1S/C23H24N6S/c1-16-9-8-10-17(13-16)20-18(15-28(27-20)19-11-6-5-7-12-19)14-24-29-21(23(2,3)4)25-26-22(29)30/h5-15H,1-4H3,(H,26,30)/b24-14-. The summed E-state index contributed by atoms with van der Waals surface area (Å²) in [5.74, 6) is 0.774. The summed E-state index contributed by atoms with van der Waals surface area (Å²) in [6.45, 7) is 8.31. The fourth-order valence-electron chi connectivity index (χ4n) is 3.22. The summed E-state index contributed by atoms with van der Waals surface area (Å²) in [7, 11) is 0. The largest absolute Gasteiger partial charge is 0.250 e. The Morgan fingerprint density at radius 2 is 1.83 bits per heavy atom. The van der Waals surface area contributed by atoms with Gasteiger partial charge < -0.3 is 0 Å². The lowest BCUT2D eigenvalue weighted by molar-refractivity contribution is 0.516. The molecule has 2 heterocycles. The van der Waals surface area contributed by atoms with Crippen LogP contribution in [0.4, 0.5) is 0 Å². The first kappa shape index (κ1) is 20.0. The van der Waals surface area contributed by atoms with Gasteiger partial charge in [-0.2, -0.15) is 20.0 Å². The highest BCUT2D eigenvalue weighted by molar-refractivity contribution is 7.71. The number of hydrogen-bond donors (Lipinski definition) is 1. The lowest BCUT2D eigenvalue weighted by Crippen LogP contribution is -2.17. The molecule has 2 aromatic carbocycles. The quantitative estimate of drug-likeness (QED) is 0.364. The number of H-pyrrole nitrogens is 1. The van der Waals surface area contributed by atoms with Gasteiger partial charge in [0.15, 0.2) is 5.82 Å². The Balaban J connectivity index is 1.83. The fraction of sp³-hybridized carbons (Fsp3) is 0.217. The third-order valence-corrected chi connectivity index (χ3v) is 4.95. The number of para-hydroxylation sites is 1. The fourth-order valence-corrected chi connectivity index (χ4v) is 3.39. The highest BCUT2D eigenvalue weighted by Gasteiger charge is 2.21. The molecule has 0 atom stereocenters. The summed E-state index contributed by atoms with van der Waals surface area (Å²) >= 11 is 5.39. The predicted molar refractivity (Wildman–Crippen MR) is 123 cm³/mol. The van der Waals surface area contributed by atoms with Crippen molar-refractivity contribution in [2.75, 3.05) is 0 Å². The van der Waals surface area contributed by atoms with Gasteiger partial charge in [0.05, 0.1) is 11.9 Å². The van der Waals surface area contributed by atoms with Crippen LogP contribution in [-0.4, -0.2) is 30.9 Å². The van der Waals surface area contributed by atoms with E-state index in [1.807, 2.05) is 47.3 Å². The lowest BCUT2D eigenvalue weighted by atomic mass is 9.96. The van der Waals surface area contributed by atoms with E-state index in [0.29, 0.717) is 4.77 Å². The van der Waals surface area contributed by atoms with Gasteiger partial charge in [0.1, 0.15) is 5.69 Å². The van der Waals surface area contributed by atoms with E-state index in [4.69, 9.17) is 17.3 Å². The molecule has 0 radical (unpaired) electrons. The van der Waals surface area contributed by atoms with E-state index in [-0.39, 0.29) is 5.41 Å². The summed E-state index contributed by atoms with van der Waals surface area (Å²) in [6.07, 6.45) is 3.78. The van der Waals surface area contributed by atoms with Crippen LogP contribution in [0.1, 0.15) is 37.7 Å². The molecule has 0 spiro atoms. The van der Waals surface area contributed by atoms with E-state index in [9.17, 15) is 0 Å². The number of nitrogens with one attached hydrogen (secondary N) is 1. The SMILES string of the molecule is Cc1cccc(-c2nn(-c3ccccc3)cc2/C=N\n2c(C(C)(C)C)n[nH]c2=S)c1. The number of rotatable bonds is 4. The van der Waals surface area contributed by atoms with Crippen molar-refractivity contribution < 1.29 is 0 Å². The van der Waals surface area contributed by atoms with Crippen LogP contribution in [0, 0.1) is 11.7 Å². The number of hydrogen-bond acceptors (Lipinski definition) is 4. The second-order valence-electron chi connectivity index (χ2n) is 8.24. The van der Waals surface area contributed by atoms with Crippen molar-refractivity contribution in [3.05, 3.63) is 82.5 Å². The van der Waals surface area contributed by atoms with Crippen LogP contribution in [-0.2, 0) is 5.41 Å². The molecule has 0 saturated carbocycles. The number of nitrogens with zero attached hydrogens (tertiary/aromatic N) is 5. The van der Waals surface area contributed by atoms with Crippen LogP contribution < -0.4 is 0 Å². The summed E-state index contributed by atoms with van der Waals surface area (Å²) in [4.78, 5) is 0. The van der Waals surface area contributed by atoms with Gasteiger partial charge in [-0.15, -0.1) is 0 Å². The minimum absolute atomic E-state index is 0.196. The number of aromatic nitrogens is 5. The smallest absolute Gasteiger partial charge is 0.216 e. The molecule has 0 aliphatic carbocycles. The molecule has 6 nitrogen and oxygen atoms in total. The second-order valence-corrected chi connectivity index (χ2v) is 8.63. The molecule has 0 unspecified atom stereocenters. The van der Waals surface area contributed by atoms with Gasteiger partial charge in [-0.25, -0.2) is 4.68 Å². The topological polar surface area (TPSA) is 63.8 Å². The molecule has 4 aromatic rings. The third kappa shape index (κ3) is 4.02. The van der Waals surface area contributed by atoms with Gasteiger partial charge in [-0.3, -0.25) is 5.10 Å². The van der Waals surface area contributed by atoms with E-state index < -0.39 is 0 Å². The average molecular weight is 417 g/mol. The zero-order valence-corrected chi connectivity index (χ0v) is 18.3. The molecular weight excluding hydrogens is 392 g/mol. The first-order chi connectivity index (χ1) is 14.3. The Hall–Kier alpha value is -3.32. The molecule has 1 N–H and O–H groups in total. The lowest BCUT2D eigenvalue weighted by Gasteiger charge is -2.15. The van der Waals surface area contributed by atoms with Crippen LogP contribution in [0.15, 0.2) is 65.9 Å². The van der Waals surface area contributed by atoms with E-state index in [1.165, 1.54) is 5.56 Å². The van der Waals surface area contributed by atoms with Crippen molar-refractivity contribution in [3.63, 3.8) is 0 Å². The number of benzene rings is 2. The molecule has 0 amide bonds. The van der Waals surface area contributed by atoms with Gasteiger partial charge in [0, 0.05) is 22.7 Å². The van der Waals surface area contributed by atoms with Crippen LogP contribution >= 0.6 is 12.2 Å². The molecular formula is C23H24N6S. The molecule has 0 aliphatic rings. The van der Waals surface area contributed by atoms with Crippen molar-refractivity contribution in [3.8, 4) is 16.9 Å². The zero-order chi connectivity index (χ0) is 21.3. The molecule has 4 rings (SSSR count). The van der Waals surface area contributed by atoms with Gasteiger partial charge >= 0.3 is 0 Å². The predicted octanol–water partition coefficient (Wildman–Crippen LogP) is 5.28. The zero-order valence-electron chi connectivity index (χ0n) is 17.5. The Morgan fingerprint density at radius 3 is 2.53 bits per heavy atom. The molecule has 2 aromatic heterocycles. The average Bonchev–Trinajstić information content (AvgIpc) is 3.30. The molecule has 30 heavy (non-hydrogen) atoms. The minimum atomic E-state index is -0.196. The Morgan fingerprint density at radius 1 is 1.07 bits per heavy atom. The van der Waals surface area contributed by atoms with Gasteiger partial charge in [-0.1, -0.05) is 62.7 Å². The van der Waals surface area contributed by atoms with Crippen molar-refractivity contribution in [1.29, 1.82) is 0 Å². The molecule has 152 valence electrons. The van der Waals surface area contributed by atoms with Crippen LogP contribution in [0.3, 0.4) is 0 Å². The van der Waals surface area contributed by atoms with Gasteiger partial charge in [-0.05, 0) is 37.3 Å². The maximum atomic E-state index is 5.39. The highest BCUT2D eigenvalue weighted by Crippen LogP contribution is 2.24. The maximum Gasteiger partial charge on any atom is 0.216 e. The van der Waals surface area contributed by atoms with Crippen molar-refractivity contribution in [2.24, 2.45) is 5.10 Å². The van der Waals surface area contributed by atoms with Crippen LogP contribution in [0.2, 0.25) is 0 Å². The van der Waals surface area contributed by atoms with E-state index in [0.717, 1.165) is 28.3 Å². The summed E-state index contributed by atoms with van der Waals surface area (Å²) in [6, 6.07) is 18.3. The number of aryl methyl sites for hydroxylation is 1. The first-order valence-corrected chi connectivity index (χ1v) is 10.2. The molecule has 7 heteroatoms. The summed E-state index contributed by atoms with van der Waals surface area (Å²) < 4.78 is 4.01. The van der Waals surface area contributed by atoms with Gasteiger partial charge in [0.25, 0.3) is 0 Å². The van der Waals surface area contributed by atoms with Crippen molar-refractivity contribution in [2.45, 2.75) is 33.1 Å². The highest BCUT2D eigenvalue weighted by atomic mass is 32.1. The Kier molecular flexibility index (Phi) is 5.22. The van der Waals surface area contributed by atoms with Gasteiger partial charge in [0.2, 0.25) is 4.77 Å². The Labute approximate surface area is 180 Å². The van der Waals surface area contributed by atoms with E-state index >= 15 is 0 Å². The second kappa shape index (κ2) is 7.84. The van der Waals surface area contributed by atoms with Crippen LogP contribution in [0.5, 0.6) is 0 Å². The molecule has 0 bridgehead atoms.